The Hall–Kier alpha value is -3.90. The number of Topliss-reactive ketones (excluding diaryl/α,β-unsaturated/α-hetero) is 1. The topological polar surface area (TPSA) is 86.7 Å². The first-order valence-electron chi connectivity index (χ1n) is 11.5. The van der Waals surface area contributed by atoms with Crippen LogP contribution in [0, 0.1) is 0 Å². The van der Waals surface area contributed by atoms with E-state index in [0.717, 1.165) is 5.56 Å². The van der Waals surface area contributed by atoms with Gasteiger partial charge >= 0.3 is 0 Å². The van der Waals surface area contributed by atoms with Crippen LogP contribution >= 0.6 is 11.6 Å². The van der Waals surface area contributed by atoms with Gasteiger partial charge in [-0.15, -0.1) is 0 Å². The number of carbonyl (C=O) groups is 3. The zero-order valence-corrected chi connectivity index (χ0v) is 21.3. The van der Waals surface area contributed by atoms with Crippen LogP contribution in [-0.2, 0) is 19.8 Å². The molecule has 3 aromatic carbocycles. The molecule has 4 rings (SSSR count). The van der Waals surface area contributed by atoms with Gasteiger partial charge in [0.05, 0.1) is 11.6 Å². The number of rotatable bonds is 4. The van der Waals surface area contributed by atoms with Gasteiger partial charge in [-0.25, -0.2) is 0 Å². The maximum Gasteiger partial charge on any atom is 0.300 e. The van der Waals surface area contributed by atoms with E-state index in [1.807, 2.05) is 24.3 Å². The molecule has 1 fully saturated rings. The van der Waals surface area contributed by atoms with Crippen LogP contribution in [0.1, 0.15) is 50.4 Å². The molecule has 7 heteroatoms. The standard InChI is InChI=1S/C29H27ClN2O4/c1-17(33)31-22-13-15-23(16-14-22)32-25(18-5-9-20(10-6-18)29(2,3)4)24(27(35)28(32)36)26(34)19-7-11-21(30)12-8-19/h5-16,25,34H,1-4H3,(H,31,33)/b26-24-. The van der Waals surface area contributed by atoms with Gasteiger partial charge in [0.15, 0.2) is 0 Å². The van der Waals surface area contributed by atoms with Gasteiger partial charge in [0.1, 0.15) is 5.76 Å². The zero-order valence-electron chi connectivity index (χ0n) is 20.5. The summed E-state index contributed by atoms with van der Waals surface area (Å²) in [6, 6.07) is 19.9. The summed E-state index contributed by atoms with van der Waals surface area (Å²) < 4.78 is 0. The molecule has 0 bridgehead atoms. The number of halogens is 1. The maximum atomic E-state index is 13.3. The van der Waals surface area contributed by atoms with E-state index >= 15 is 0 Å². The molecule has 0 radical (unpaired) electrons. The molecule has 6 nitrogen and oxygen atoms in total. The van der Waals surface area contributed by atoms with Crippen molar-refractivity contribution < 1.29 is 19.5 Å². The summed E-state index contributed by atoms with van der Waals surface area (Å²) in [5, 5.41) is 14.4. The fourth-order valence-corrected chi connectivity index (χ4v) is 4.38. The number of ketones is 1. The number of hydrogen-bond donors (Lipinski definition) is 2. The van der Waals surface area contributed by atoms with Crippen molar-refractivity contribution in [3.05, 3.63) is 100 Å². The molecule has 36 heavy (non-hydrogen) atoms. The minimum Gasteiger partial charge on any atom is -0.507 e. The van der Waals surface area contributed by atoms with Crippen molar-refractivity contribution >= 4 is 46.3 Å². The number of aliphatic hydroxyl groups is 1. The van der Waals surface area contributed by atoms with Crippen LogP contribution in [-0.4, -0.2) is 22.7 Å². The van der Waals surface area contributed by atoms with Gasteiger partial charge in [-0.3, -0.25) is 19.3 Å². The Bertz CT molecular complexity index is 1350. The first-order chi connectivity index (χ1) is 17.0. The van der Waals surface area contributed by atoms with Gasteiger partial charge in [-0.2, -0.15) is 0 Å². The third-order valence-corrected chi connectivity index (χ3v) is 6.37. The molecule has 1 unspecified atom stereocenters. The minimum atomic E-state index is -0.846. The minimum absolute atomic E-state index is 0.00299. The number of carbonyl (C=O) groups excluding carboxylic acids is 3. The summed E-state index contributed by atoms with van der Waals surface area (Å²) in [6.45, 7) is 7.71. The highest BCUT2D eigenvalue weighted by molar-refractivity contribution is 6.51. The lowest BCUT2D eigenvalue weighted by Crippen LogP contribution is -2.29. The number of hydrogen-bond acceptors (Lipinski definition) is 4. The van der Waals surface area contributed by atoms with Gasteiger partial charge in [-0.05, 0) is 65.1 Å². The van der Waals surface area contributed by atoms with Crippen LogP contribution in [0.2, 0.25) is 5.02 Å². The Balaban J connectivity index is 1.87. The second-order valence-corrected chi connectivity index (χ2v) is 10.2. The predicted octanol–water partition coefficient (Wildman–Crippen LogP) is 6.22. The van der Waals surface area contributed by atoms with E-state index in [2.05, 4.69) is 26.1 Å². The first-order valence-corrected chi connectivity index (χ1v) is 11.9. The molecule has 1 atom stereocenters. The van der Waals surface area contributed by atoms with Gasteiger partial charge in [0.2, 0.25) is 5.91 Å². The second kappa shape index (κ2) is 9.63. The summed E-state index contributed by atoms with van der Waals surface area (Å²) in [7, 11) is 0. The Morgan fingerprint density at radius 3 is 2.03 bits per heavy atom. The molecule has 2 amide bonds. The quantitative estimate of drug-likeness (QED) is 0.252. The SMILES string of the molecule is CC(=O)Nc1ccc(N2C(=O)C(=O)/C(=C(\O)c3ccc(Cl)cc3)C2c2ccc(C(C)(C)C)cc2)cc1. The molecule has 0 aliphatic carbocycles. The van der Waals surface area contributed by atoms with Gasteiger partial charge in [-0.1, -0.05) is 56.6 Å². The molecule has 184 valence electrons. The third kappa shape index (κ3) is 4.90. The lowest BCUT2D eigenvalue weighted by Gasteiger charge is -2.27. The van der Waals surface area contributed by atoms with E-state index in [9.17, 15) is 19.5 Å². The normalized spacial score (nSPS) is 17.4. The van der Waals surface area contributed by atoms with Crippen LogP contribution in [0.15, 0.2) is 78.4 Å². The number of benzene rings is 3. The highest BCUT2D eigenvalue weighted by atomic mass is 35.5. The fourth-order valence-electron chi connectivity index (χ4n) is 4.25. The highest BCUT2D eigenvalue weighted by Gasteiger charge is 2.47. The van der Waals surface area contributed by atoms with Crippen molar-refractivity contribution in [2.75, 3.05) is 10.2 Å². The molecule has 1 aliphatic rings. The number of anilines is 2. The van der Waals surface area contributed by atoms with E-state index in [0.29, 0.717) is 27.5 Å². The van der Waals surface area contributed by atoms with E-state index < -0.39 is 17.7 Å². The smallest absolute Gasteiger partial charge is 0.300 e. The fraction of sp³-hybridized carbons (Fsp3) is 0.207. The Morgan fingerprint density at radius 2 is 1.50 bits per heavy atom. The van der Waals surface area contributed by atoms with Crippen molar-refractivity contribution in [3.8, 4) is 0 Å². The highest BCUT2D eigenvalue weighted by Crippen LogP contribution is 2.42. The van der Waals surface area contributed by atoms with E-state index in [-0.39, 0.29) is 22.7 Å². The molecule has 0 aromatic heterocycles. The van der Waals surface area contributed by atoms with Gasteiger partial charge < -0.3 is 10.4 Å². The van der Waals surface area contributed by atoms with Gasteiger partial charge in [0.25, 0.3) is 11.7 Å². The molecular formula is C29H27ClN2O4. The van der Waals surface area contributed by atoms with E-state index in [1.165, 1.54) is 11.8 Å². The Kier molecular flexibility index (Phi) is 6.74. The van der Waals surface area contributed by atoms with Crippen LogP contribution in [0.5, 0.6) is 0 Å². The van der Waals surface area contributed by atoms with Crippen LogP contribution < -0.4 is 10.2 Å². The predicted molar refractivity (Wildman–Crippen MR) is 142 cm³/mol. The van der Waals surface area contributed by atoms with Crippen molar-refractivity contribution in [2.45, 2.75) is 39.2 Å². The average Bonchev–Trinajstić information content (AvgIpc) is 3.09. The Labute approximate surface area is 215 Å². The summed E-state index contributed by atoms with van der Waals surface area (Å²) in [5.74, 6) is -2.02. The molecule has 3 aromatic rings. The maximum absolute atomic E-state index is 13.3. The molecule has 1 saturated heterocycles. The van der Waals surface area contributed by atoms with Crippen molar-refractivity contribution in [1.29, 1.82) is 0 Å². The average molecular weight is 503 g/mol. The largest absolute Gasteiger partial charge is 0.507 e. The molecular weight excluding hydrogens is 476 g/mol. The van der Waals surface area contributed by atoms with Crippen molar-refractivity contribution in [1.82, 2.24) is 0 Å². The molecule has 0 spiro atoms. The number of nitrogens with zero attached hydrogens (tertiary/aromatic N) is 1. The lowest BCUT2D eigenvalue weighted by atomic mass is 9.85. The lowest BCUT2D eigenvalue weighted by molar-refractivity contribution is -0.132. The summed E-state index contributed by atoms with van der Waals surface area (Å²) in [5.41, 5.74) is 3.11. The number of nitrogens with one attached hydrogen (secondary N) is 1. The van der Waals surface area contributed by atoms with Crippen molar-refractivity contribution in [2.24, 2.45) is 0 Å². The third-order valence-electron chi connectivity index (χ3n) is 6.12. The van der Waals surface area contributed by atoms with Crippen LogP contribution in [0.3, 0.4) is 0 Å². The van der Waals surface area contributed by atoms with Crippen molar-refractivity contribution in [3.63, 3.8) is 0 Å². The molecule has 1 heterocycles. The Morgan fingerprint density at radius 1 is 0.917 bits per heavy atom. The van der Waals surface area contributed by atoms with E-state index in [4.69, 9.17) is 11.6 Å². The first kappa shape index (κ1) is 25.2. The molecule has 0 saturated carbocycles. The summed E-state index contributed by atoms with van der Waals surface area (Å²) in [6.07, 6.45) is 0. The van der Waals surface area contributed by atoms with Crippen LogP contribution in [0.25, 0.3) is 5.76 Å². The van der Waals surface area contributed by atoms with Gasteiger partial charge in [0, 0.05) is 28.9 Å². The number of amides is 2. The van der Waals surface area contributed by atoms with Crippen LogP contribution in [0.4, 0.5) is 11.4 Å². The zero-order chi connectivity index (χ0) is 26.2. The summed E-state index contributed by atoms with van der Waals surface area (Å²) in [4.78, 5) is 39.4. The molecule has 1 aliphatic heterocycles. The molecule has 2 N–H and O–H groups in total. The monoisotopic (exact) mass is 502 g/mol. The number of aliphatic hydroxyl groups excluding tert-OH is 1. The summed E-state index contributed by atoms with van der Waals surface area (Å²) >= 11 is 6.00. The van der Waals surface area contributed by atoms with E-state index in [1.54, 1.807) is 48.5 Å². The second-order valence-electron chi connectivity index (χ2n) is 9.78.